The fraction of sp³-hybridized carbons (Fsp3) is 0.750. The van der Waals surface area contributed by atoms with Gasteiger partial charge in [0.05, 0.1) is 6.04 Å². The Hall–Kier alpha value is -2.16. The van der Waals surface area contributed by atoms with E-state index in [1.54, 1.807) is 0 Å². The summed E-state index contributed by atoms with van der Waals surface area (Å²) in [6, 6.07) is -2.71. The summed E-state index contributed by atoms with van der Waals surface area (Å²) in [5, 5.41) is 11.8. The number of nitrogens with one attached hydrogen (secondary N) is 1. The molecule has 0 radical (unpaired) electrons. The number of carboxylic acid groups (broad SMARTS) is 1. The minimum Gasteiger partial charge on any atom is -0.480 e. The van der Waals surface area contributed by atoms with E-state index in [0.717, 1.165) is 0 Å². The van der Waals surface area contributed by atoms with Crippen LogP contribution in [0.15, 0.2) is 0 Å². The van der Waals surface area contributed by atoms with Crippen LogP contribution in [-0.2, 0) is 19.2 Å². The van der Waals surface area contributed by atoms with Crippen LogP contribution in [-0.4, -0.2) is 58.4 Å². The fourth-order valence-corrected chi connectivity index (χ4v) is 2.93. The van der Waals surface area contributed by atoms with Gasteiger partial charge >= 0.3 is 5.97 Å². The molecule has 9 nitrogen and oxygen atoms in total. The Labute approximate surface area is 147 Å². The highest BCUT2D eigenvalue weighted by molar-refractivity contribution is 5.92. The molecular formula is C16H28N4O5. The van der Waals surface area contributed by atoms with Crippen molar-refractivity contribution < 1.29 is 24.3 Å². The van der Waals surface area contributed by atoms with Crippen molar-refractivity contribution in [2.45, 2.75) is 64.1 Å². The molecule has 0 aromatic heterocycles. The van der Waals surface area contributed by atoms with Gasteiger partial charge < -0.3 is 26.8 Å². The number of nitrogens with two attached hydrogens (primary N) is 2. The number of likely N-dealkylation sites (tertiary alicyclic amines) is 1. The zero-order chi connectivity index (χ0) is 19.1. The van der Waals surface area contributed by atoms with Crippen molar-refractivity contribution >= 4 is 23.7 Å². The van der Waals surface area contributed by atoms with Crippen LogP contribution in [0.1, 0.15) is 46.0 Å². The lowest BCUT2D eigenvalue weighted by Crippen LogP contribution is -2.54. The lowest BCUT2D eigenvalue weighted by molar-refractivity contribution is -0.149. The Morgan fingerprint density at radius 3 is 2.44 bits per heavy atom. The Bertz CT molecular complexity index is 523. The highest BCUT2D eigenvalue weighted by Gasteiger charge is 2.37. The average molecular weight is 356 g/mol. The number of carbonyl (C=O) groups excluding carboxylic acids is 3. The molecule has 3 atom stereocenters. The molecule has 0 aliphatic carbocycles. The van der Waals surface area contributed by atoms with E-state index in [1.807, 2.05) is 13.8 Å². The van der Waals surface area contributed by atoms with E-state index in [2.05, 4.69) is 5.32 Å². The molecule has 3 amide bonds. The Morgan fingerprint density at radius 1 is 1.28 bits per heavy atom. The predicted octanol–water partition coefficient (Wildman–Crippen LogP) is -0.814. The molecule has 9 heteroatoms. The van der Waals surface area contributed by atoms with Crippen LogP contribution in [0.3, 0.4) is 0 Å². The van der Waals surface area contributed by atoms with E-state index in [1.165, 1.54) is 4.90 Å². The fourth-order valence-electron chi connectivity index (χ4n) is 2.93. The van der Waals surface area contributed by atoms with E-state index in [4.69, 9.17) is 11.5 Å². The van der Waals surface area contributed by atoms with Crippen LogP contribution in [0.25, 0.3) is 0 Å². The minimum absolute atomic E-state index is 0.0111. The van der Waals surface area contributed by atoms with Gasteiger partial charge in [-0.15, -0.1) is 0 Å². The molecule has 0 saturated carbocycles. The largest absolute Gasteiger partial charge is 0.480 e. The van der Waals surface area contributed by atoms with Gasteiger partial charge in [-0.2, -0.15) is 0 Å². The van der Waals surface area contributed by atoms with Crippen molar-refractivity contribution in [3.8, 4) is 0 Å². The number of amides is 3. The third kappa shape index (κ3) is 6.33. The summed E-state index contributed by atoms with van der Waals surface area (Å²) < 4.78 is 0. The number of primary amides is 1. The standard InChI is InChI=1S/C16H28N4O5/c1-9(2)8-10(17)14(22)19-11(5-6-13(18)21)15(23)20-7-3-4-12(20)16(24)25/h9-12H,3-8,17H2,1-2H3,(H2,18,21)(H,19,22)(H,24,25)/t10-,11-,12-/m0/s1. The SMILES string of the molecule is CC(C)C[C@H](N)C(=O)N[C@@H](CCC(N)=O)C(=O)N1CCC[C@H]1C(=O)O. The average Bonchev–Trinajstić information content (AvgIpc) is 2.99. The Balaban J connectivity index is 2.84. The van der Waals surface area contributed by atoms with Crippen molar-refractivity contribution in [3.63, 3.8) is 0 Å². The van der Waals surface area contributed by atoms with Crippen LogP contribution < -0.4 is 16.8 Å². The molecule has 0 aromatic rings. The second-order valence-corrected chi connectivity index (χ2v) is 6.83. The van der Waals surface area contributed by atoms with Crippen LogP contribution in [0.4, 0.5) is 0 Å². The third-order valence-corrected chi connectivity index (χ3v) is 4.18. The van der Waals surface area contributed by atoms with Gasteiger partial charge in [-0.1, -0.05) is 13.8 Å². The number of aliphatic carboxylic acids is 1. The Morgan fingerprint density at radius 2 is 1.92 bits per heavy atom. The topological polar surface area (TPSA) is 156 Å². The molecule has 142 valence electrons. The van der Waals surface area contributed by atoms with Crippen LogP contribution >= 0.6 is 0 Å². The van der Waals surface area contributed by atoms with E-state index < -0.39 is 41.8 Å². The first-order chi connectivity index (χ1) is 11.6. The van der Waals surface area contributed by atoms with Gasteiger partial charge in [-0.3, -0.25) is 14.4 Å². The molecule has 6 N–H and O–H groups in total. The molecule has 1 heterocycles. The number of hydrogen-bond donors (Lipinski definition) is 4. The maximum Gasteiger partial charge on any atom is 0.326 e. The predicted molar refractivity (Wildman–Crippen MR) is 90.2 cm³/mol. The maximum absolute atomic E-state index is 12.7. The van der Waals surface area contributed by atoms with Crippen molar-refractivity contribution in [1.29, 1.82) is 0 Å². The van der Waals surface area contributed by atoms with E-state index in [0.29, 0.717) is 25.8 Å². The maximum atomic E-state index is 12.7. The van der Waals surface area contributed by atoms with Gasteiger partial charge in [0.2, 0.25) is 17.7 Å². The van der Waals surface area contributed by atoms with Gasteiger partial charge in [-0.25, -0.2) is 4.79 Å². The number of carboxylic acids is 1. The normalized spacial score (nSPS) is 19.5. The molecule has 1 aliphatic rings. The van der Waals surface area contributed by atoms with Gasteiger partial charge in [0.25, 0.3) is 0 Å². The van der Waals surface area contributed by atoms with E-state index in [-0.39, 0.29) is 18.8 Å². The molecule has 0 unspecified atom stereocenters. The molecule has 0 spiro atoms. The molecule has 25 heavy (non-hydrogen) atoms. The molecule has 0 aromatic carbocycles. The quantitative estimate of drug-likeness (QED) is 0.423. The number of carbonyl (C=O) groups is 4. The molecule has 1 aliphatic heterocycles. The van der Waals surface area contributed by atoms with Crippen molar-refractivity contribution in [2.24, 2.45) is 17.4 Å². The minimum atomic E-state index is -1.08. The highest BCUT2D eigenvalue weighted by Crippen LogP contribution is 2.19. The van der Waals surface area contributed by atoms with Crippen LogP contribution in [0, 0.1) is 5.92 Å². The molecule has 1 saturated heterocycles. The summed E-state index contributed by atoms with van der Waals surface area (Å²) in [5.74, 6) is -2.49. The summed E-state index contributed by atoms with van der Waals surface area (Å²) in [7, 11) is 0. The van der Waals surface area contributed by atoms with Gasteiger partial charge in [0, 0.05) is 13.0 Å². The first-order valence-corrected chi connectivity index (χ1v) is 8.51. The van der Waals surface area contributed by atoms with E-state index in [9.17, 15) is 24.3 Å². The number of rotatable bonds is 9. The summed E-state index contributed by atoms with van der Waals surface area (Å²) in [5.41, 5.74) is 11.0. The van der Waals surface area contributed by atoms with Gasteiger partial charge in [-0.05, 0) is 31.6 Å². The molecule has 1 fully saturated rings. The van der Waals surface area contributed by atoms with Gasteiger partial charge in [0.15, 0.2) is 0 Å². The van der Waals surface area contributed by atoms with Crippen molar-refractivity contribution in [1.82, 2.24) is 10.2 Å². The zero-order valence-corrected chi connectivity index (χ0v) is 14.7. The Kier molecular flexibility index (Phi) is 7.82. The second-order valence-electron chi connectivity index (χ2n) is 6.83. The van der Waals surface area contributed by atoms with Crippen LogP contribution in [0.2, 0.25) is 0 Å². The van der Waals surface area contributed by atoms with Crippen molar-refractivity contribution in [3.05, 3.63) is 0 Å². The van der Waals surface area contributed by atoms with E-state index >= 15 is 0 Å². The summed E-state index contributed by atoms with van der Waals surface area (Å²) in [6.07, 6.45) is 1.30. The highest BCUT2D eigenvalue weighted by atomic mass is 16.4. The summed E-state index contributed by atoms with van der Waals surface area (Å²) in [4.78, 5) is 48.5. The molecular weight excluding hydrogens is 328 g/mol. The summed E-state index contributed by atoms with van der Waals surface area (Å²) in [6.45, 7) is 4.14. The second kappa shape index (κ2) is 9.36. The number of nitrogens with zero attached hydrogens (tertiary/aromatic N) is 1. The zero-order valence-electron chi connectivity index (χ0n) is 14.7. The van der Waals surface area contributed by atoms with Crippen LogP contribution in [0.5, 0.6) is 0 Å². The lowest BCUT2D eigenvalue weighted by Gasteiger charge is -2.28. The van der Waals surface area contributed by atoms with Crippen molar-refractivity contribution in [2.75, 3.05) is 6.54 Å². The lowest BCUT2D eigenvalue weighted by atomic mass is 10.0. The molecule has 1 rings (SSSR count). The monoisotopic (exact) mass is 356 g/mol. The smallest absolute Gasteiger partial charge is 0.326 e. The first kappa shape index (κ1) is 20.9. The summed E-state index contributed by atoms with van der Waals surface area (Å²) >= 11 is 0. The van der Waals surface area contributed by atoms with Gasteiger partial charge in [0.1, 0.15) is 12.1 Å². The molecule has 0 bridgehead atoms. The third-order valence-electron chi connectivity index (χ3n) is 4.18. The first-order valence-electron chi connectivity index (χ1n) is 8.51. The number of hydrogen-bond acceptors (Lipinski definition) is 5.